The number of carbonyl (C=O) groups excluding carboxylic acids is 2. The maximum absolute atomic E-state index is 12.6. The number of benzene rings is 1. The van der Waals surface area contributed by atoms with E-state index in [1.54, 1.807) is 26.8 Å². The topological polar surface area (TPSA) is 114 Å². The van der Waals surface area contributed by atoms with E-state index in [0.717, 1.165) is 12.8 Å². The Kier molecular flexibility index (Phi) is 7.06. The van der Waals surface area contributed by atoms with Crippen LogP contribution < -0.4 is 10.6 Å². The van der Waals surface area contributed by atoms with Gasteiger partial charge in [0.25, 0.3) is 5.69 Å². The highest BCUT2D eigenvalue weighted by Crippen LogP contribution is 2.35. The number of hydrogen-bond acceptors (Lipinski definition) is 6. The third-order valence-electron chi connectivity index (χ3n) is 4.08. The summed E-state index contributed by atoms with van der Waals surface area (Å²) in [6.07, 6.45) is 1.25. The van der Waals surface area contributed by atoms with Crippen LogP contribution in [-0.2, 0) is 9.53 Å². The molecule has 1 saturated heterocycles. The highest BCUT2D eigenvalue weighted by molar-refractivity contribution is 6.29. The van der Waals surface area contributed by atoms with E-state index in [1.165, 1.54) is 17.0 Å². The lowest BCUT2D eigenvalue weighted by molar-refractivity contribution is -0.383. The van der Waals surface area contributed by atoms with Crippen LogP contribution in [-0.4, -0.2) is 46.0 Å². The van der Waals surface area contributed by atoms with E-state index < -0.39 is 28.7 Å². The fourth-order valence-electron chi connectivity index (χ4n) is 2.92. The van der Waals surface area contributed by atoms with Crippen LogP contribution in [0.3, 0.4) is 0 Å². The maximum Gasteiger partial charge on any atom is 0.411 e. The summed E-state index contributed by atoms with van der Waals surface area (Å²) in [7, 11) is 0. The van der Waals surface area contributed by atoms with Crippen LogP contribution in [0.5, 0.6) is 0 Å². The summed E-state index contributed by atoms with van der Waals surface area (Å²) in [5.41, 5.74) is -0.500. The number of nitro groups is 1. The minimum Gasteiger partial charge on any atom is -0.444 e. The molecule has 28 heavy (non-hydrogen) atoms. The zero-order chi connectivity index (χ0) is 20.9. The molecule has 0 spiro atoms. The summed E-state index contributed by atoms with van der Waals surface area (Å²) in [6, 6.07) is 4.35. The largest absolute Gasteiger partial charge is 0.444 e. The Labute approximate surface area is 168 Å². The summed E-state index contributed by atoms with van der Waals surface area (Å²) in [6.45, 7) is 5.80. The lowest BCUT2D eigenvalue weighted by Gasteiger charge is -2.37. The molecule has 1 aliphatic heterocycles. The molecule has 2 N–H and O–H groups in total. The predicted octanol–water partition coefficient (Wildman–Crippen LogP) is 3.93. The second-order valence-corrected chi connectivity index (χ2v) is 7.74. The summed E-state index contributed by atoms with van der Waals surface area (Å²) in [4.78, 5) is 36.8. The monoisotopic (exact) mass is 412 g/mol. The van der Waals surface area contributed by atoms with Crippen molar-refractivity contribution in [1.82, 2.24) is 4.90 Å². The fraction of sp³-hybridized carbons (Fsp3) is 0.556. The summed E-state index contributed by atoms with van der Waals surface area (Å²) in [5.74, 6) is -0.770. The number of hydrogen-bond donors (Lipinski definition) is 2. The van der Waals surface area contributed by atoms with Gasteiger partial charge in [-0.3, -0.25) is 19.8 Å². The molecule has 0 aliphatic carbocycles. The van der Waals surface area contributed by atoms with E-state index in [-0.39, 0.29) is 22.9 Å². The zero-order valence-electron chi connectivity index (χ0n) is 16.2. The Bertz CT molecular complexity index is 750. The fourth-order valence-corrected chi connectivity index (χ4v) is 2.99. The highest BCUT2D eigenvalue weighted by Gasteiger charge is 2.32. The SMILES string of the molecule is CC(C)(C)OC(=O)N1CCCCC1Nc1c(NC(=O)CCl)cccc1[N+](=O)[O-]. The van der Waals surface area contributed by atoms with Crippen molar-refractivity contribution < 1.29 is 19.2 Å². The molecule has 2 amide bonds. The minimum absolute atomic E-state index is 0.131. The van der Waals surface area contributed by atoms with Crippen molar-refractivity contribution in [3.05, 3.63) is 28.3 Å². The molecule has 1 aliphatic rings. The van der Waals surface area contributed by atoms with E-state index in [2.05, 4.69) is 10.6 Å². The summed E-state index contributed by atoms with van der Waals surface area (Å²) in [5, 5.41) is 17.1. The molecule has 2 rings (SSSR count). The quantitative estimate of drug-likeness (QED) is 0.430. The first-order valence-electron chi connectivity index (χ1n) is 9.02. The van der Waals surface area contributed by atoms with Gasteiger partial charge in [-0.05, 0) is 46.1 Å². The summed E-state index contributed by atoms with van der Waals surface area (Å²) < 4.78 is 5.46. The lowest BCUT2D eigenvalue weighted by atomic mass is 10.1. The molecule has 0 saturated carbocycles. The third kappa shape index (κ3) is 5.72. The number of amides is 2. The van der Waals surface area contributed by atoms with Gasteiger partial charge in [-0.15, -0.1) is 11.6 Å². The maximum atomic E-state index is 12.6. The Hall–Kier alpha value is -2.55. The number of carbonyl (C=O) groups is 2. The highest BCUT2D eigenvalue weighted by atomic mass is 35.5. The first-order valence-corrected chi connectivity index (χ1v) is 9.55. The van der Waals surface area contributed by atoms with E-state index in [1.807, 2.05) is 0 Å². The minimum atomic E-state index is -0.655. The number of piperidine rings is 1. The van der Waals surface area contributed by atoms with Crippen molar-refractivity contribution in [2.24, 2.45) is 0 Å². The number of nitrogens with zero attached hydrogens (tertiary/aromatic N) is 2. The molecule has 1 atom stereocenters. The van der Waals surface area contributed by atoms with Crippen molar-refractivity contribution >= 4 is 40.7 Å². The first-order chi connectivity index (χ1) is 13.1. The Morgan fingerprint density at radius 2 is 2.07 bits per heavy atom. The van der Waals surface area contributed by atoms with Crippen LogP contribution in [0.15, 0.2) is 18.2 Å². The van der Waals surface area contributed by atoms with Gasteiger partial charge in [-0.1, -0.05) is 6.07 Å². The Balaban J connectivity index is 2.33. The van der Waals surface area contributed by atoms with Gasteiger partial charge >= 0.3 is 6.09 Å². The number of rotatable bonds is 5. The number of ether oxygens (including phenoxy) is 1. The molecule has 10 heteroatoms. The molecule has 1 heterocycles. The molecule has 1 aromatic rings. The smallest absolute Gasteiger partial charge is 0.411 e. The van der Waals surface area contributed by atoms with Crippen LogP contribution in [0.4, 0.5) is 21.9 Å². The van der Waals surface area contributed by atoms with Gasteiger partial charge in [0, 0.05) is 12.6 Å². The van der Waals surface area contributed by atoms with Gasteiger partial charge in [0.1, 0.15) is 23.3 Å². The van der Waals surface area contributed by atoms with E-state index in [4.69, 9.17) is 16.3 Å². The molecule has 9 nitrogen and oxygen atoms in total. The molecule has 0 radical (unpaired) electrons. The molecular weight excluding hydrogens is 388 g/mol. The van der Waals surface area contributed by atoms with E-state index >= 15 is 0 Å². The van der Waals surface area contributed by atoms with E-state index in [0.29, 0.717) is 13.0 Å². The van der Waals surface area contributed by atoms with Gasteiger partial charge in [0.05, 0.1) is 10.6 Å². The molecule has 1 aromatic carbocycles. The van der Waals surface area contributed by atoms with Crippen LogP contribution in [0, 0.1) is 10.1 Å². The predicted molar refractivity (Wildman–Crippen MR) is 107 cm³/mol. The van der Waals surface area contributed by atoms with Crippen molar-refractivity contribution in [2.45, 2.75) is 51.8 Å². The molecule has 1 fully saturated rings. The van der Waals surface area contributed by atoms with Crippen LogP contribution in [0.2, 0.25) is 0 Å². The van der Waals surface area contributed by atoms with Gasteiger partial charge in [0.2, 0.25) is 5.91 Å². The molecule has 1 unspecified atom stereocenters. The number of anilines is 2. The second kappa shape index (κ2) is 9.09. The second-order valence-electron chi connectivity index (χ2n) is 7.47. The normalized spacial score (nSPS) is 17.0. The van der Waals surface area contributed by atoms with Crippen LogP contribution >= 0.6 is 11.6 Å². The number of likely N-dealkylation sites (tertiary alicyclic amines) is 1. The number of para-hydroxylation sites is 1. The van der Waals surface area contributed by atoms with E-state index in [9.17, 15) is 19.7 Å². The van der Waals surface area contributed by atoms with Crippen LogP contribution in [0.1, 0.15) is 40.0 Å². The average Bonchev–Trinajstić information content (AvgIpc) is 2.61. The standard InChI is InChI=1S/C18H25ClN4O5/c1-18(2,3)28-17(25)22-10-5-4-9-14(22)21-16-12(20-15(24)11-19)7-6-8-13(16)23(26)27/h6-8,14,21H,4-5,9-11H2,1-3H3,(H,20,24). The number of halogens is 1. The number of nitrogens with one attached hydrogen (secondary N) is 2. The third-order valence-corrected chi connectivity index (χ3v) is 4.32. The number of nitro benzene ring substituents is 1. The Morgan fingerprint density at radius 3 is 2.68 bits per heavy atom. The van der Waals surface area contributed by atoms with Gasteiger partial charge in [-0.2, -0.15) is 0 Å². The van der Waals surface area contributed by atoms with Gasteiger partial charge in [0.15, 0.2) is 0 Å². The Morgan fingerprint density at radius 1 is 1.36 bits per heavy atom. The lowest BCUT2D eigenvalue weighted by Crippen LogP contribution is -2.49. The number of alkyl halides is 1. The average molecular weight is 413 g/mol. The molecule has 0 bridgehead atoms. The van der Waals surface area contributed by atoms with Crippen LogP contribution in [0.25, 0.3) is 0 Å². The van der Waals surface area contributed by atoms with Crippen molar-refractivity contribution in [1.29, 1.82) is 0 Å². The van der Waals surface area contributed by atoms with Crippen molar-refractivity contribution in [3.8, 4) is 0 Å². The van der Waals surface area contributed by atoms with Crippen molar-refractivity contribution in [3.63, 3.8) is 0 Å². The first kappa shape index (κ1) is 21.7. The molecule has 0 aromatic heterocycles. The van der Waals surface area contributed by atoms with Gasteiger partial charge in [-0.25, -0.2) is 4.79 Å². The summed E-state index contributed by atoms with van der Waals surface area (Å²) >= 11 is 5.54. The molecule has 154 valence electrons. The zero-order valence-corrected chi connectivity index (χ0v) is 16.9. The molecular formula is C18H25ClN4O5. The van der Waals surface area contributed by atoms with Gasteiger partial charge < -0.3 is 15.4 Å². The van der Waals surface area contributed by atoms with Crippen molar-refractivity contribution in [2.75, 3.05) is 23.1 Å².